The van der Waals surface area contributed by atoms with Gasteiger partial charge in [-0.15, -0.1) is 0 Å². The van der Waals surface area contributed by atoms with Crippen molar-refractivity contribution in [2.75, 3.05) is 24.3 Å². The second-order valence-electron chi connectivity index (χ2n) is 6.60. The number of halogens is 1. The molecule has 0 bridgehead atoms. The first-order chi connectivity index (χ1) is 14.6. The van der Waals surface area contributed by atoms with Crippen LogP contribution in [0.1, 0.15) is 15.9 Å². The summed E-state index contributed by atoms with van der Waals surface area (Å²) in [6.07, 6.45) is 1.68. The van der Waals surface area contributed by atoms with E-state index in [-0.39, 0.29) is 26.9 Å². The first kappa shape index (κ1) is 22.4. The number of carbonyl (C=O) groups excluding carboxylic acids is 1. The van der Waals surface area contributed by atoms with Crippen LogP contribution in [0.4, 0.5) is 11.5 Å². The van der Waals surface area contributed by atoms with E-state index in [0.717, 1.165) is 0 Å². The Hall–Kier alpha value is -3.24. The normalized spacial score (nSPS) is 11.1. The highest BCUT2D eigenvalue weighted by molar-refractivity contribution is 7.92. The summed E-state index contributed by atoms with van der Waals surface area (Å²) < 4.78 is 40.6. The Kier molecular flexibility index (Phi) is 6.42. The van der Waals surface area contributed by atoms with Crippen LogP contribution in [0, 0.1) is 6.92 Å². The van der Waals surface area contributed by atoms with Gasteiger partial charge < -0.3 is 14.8 Å². The molecule has 2 aromatic carbocycles. The molecule has 0 spiro atoms. The number of hydrogen-bond acceptors (Lipinski definition) is 6. The van der Waals surface area contributed by atoms with Crippen molar-refractivity contribution in [3.8, 4) is 11.5 Å². The van der Waals surface area contributed by atoms with Crippen LogP contribution in [0.25, 0.3) is 0 Å². The van der Waals surface area contributed by atoms with E-state index in [1.54, 1.807) is 32.3 Å². The van der Waals surface area contributed by atoms with Crippen molar-refractivity contribution in [1.29, 1.82) is 0 Å². The minimum Gasteiger partial charge on any atom is -0.495 e. The molecule has 164 valence electrons. The standard InChI is InChI=1S/C20H21ClN4O5S/c1-12-5-6-13(20(26)22-19-7-8-25(2)23-19)9-18(12)31(27,28)24-15-10-14(21)16(29-3)11-17(15)30-4/h5-11,24H,1-4H3,(H,22,23,26). The lowest BCUT2D eigenvalue weighted by Crippen LogP contribution is -2.17. The summed E-state index contributed by atoms with van der Waals surface area (Å²) in [6.45, 7) is 1.63. The number of benzene rings is 2. The molecule has 0 aliphatic rings. The van der Waals surface area contributed by atoms with E-state index < -0.39 is 15.9 Å². The monoisotopic (exact) mass is 464 g/mol. The molecule has 9 nitrogen and oxygen atoms in total. The summed E-state index contributed by atoms with van der Waals surface area (Å²) in [7, 11) is 0.490. The number of rotatable bonds is 7. The zero-order chi connectivity index (χ0) is 22.8. The first-order valence-corrected chi connectivity index (χ1v) is 10.9. The topological polar surface area (TPSA) is 112 Å². The van der Waals surface area contributed by atoms with Gasteiger partial charge in [-0.2, -0.15) is 5.10 Å². The summed E-state index contributed by atoms with van der Waals surface area (Å²) in [5, 5.41) is 6.92. The smallest absolute Gasteiger partial charge is 0.262 e. The molecule has 0 aliphatic carbocycles. The fourth-order valence-corrected chi connectivity index (χ4v) is 4.41. The maximum absolute atomic E-state index is 13.1. The number of nitrogens with one attached hydrogen (secondary N) is 2. The van der Waals surface area contributed by atoms with E-state index in [1.165, 1.54) is 43.2 Å². The molecule has 3 aromatic rings. The Labute approximate surface area is 185 Å². The van der Waals surface area contributed by atoms with Gasteiger partial charge in [-0.1, -0.05) is 17.7 Å². The zero-order valence-electron chi connectivity index (χ0n) is 17.3. The molecule has 1 aromatic heterocycles. The maximum Gasteiger partial charge on any atom is 0.262 e. The van der Waals surface area contributed by atoms with Crippen molar-refractivity contribution < 1.29 is 22.7 Å². The average Bonchev–Trinajstić information content (AvgIpc) is 3.12. The van der Waals surface area contributed by atoms with E-state index in [2.05, 4.69) is 15.1 Å². The lowest BCUT2D eigenvalue weighted by molar-refractivity contribution is 0.102. The predicted octanol–water partition coefficient (Wildman–Crippen LogP) is 3.45. The highest BCUT2D eigenvalue weighted by Gasteiger charge is 2.22. The van der Waals surface area contributed by atoms with Crippen LogP contribution in [0.3, 0.4) is 0 Å². The molecule has 0 saturated carbocycles. The zero-order valence-corrected chi connectivity index (χ0v) is 18.8. The van der Waals surface area contributed by atoms with E-state index in [1.807, 2.05) is 0 Å². The number of aromatic nitrogens is 2. The minimum absolute atomic E-state index is 0.0600. The van der Waals surface area contributed by atoms with Gasteiger partial charge >= 0.3 is 0 Å². The van der Waals surface area contributed by atoms with E-state index in [4.69, 9.17) is 21.1 Å². The molecule has 1 amide bonds. The van der Waals surface area contributed by atoms with Gasteiger partial charge in [0.2, 0.25) is 0 Å². The molecule has 0 fully saturated rings. The van der Waals surface area contributed by atoms with Crippen LogP contribution >= 0.6 is 11.6 Å². The van der Waals surface area contributed by atoms with Crippen molar-refractivity contribution in [1.82, 2.24) is 9.78 Å². The predicted molar refractivity (Wildman–Crippen MR) is 118 cm³/mol. The van der Waals surface area contributed by atoms with Gasteiger partial charge in [-0.25, -0.2) is 8.42 Å². The molecule has 0 aliphatic heterocycles. The molecule has 0 unspecified atom stereocenters. The number of hydrogen-bond donors (Lipinski definition) is 2. The van der Waals surface area contributed by atoms with Crippen molar-refractivity contribution >= 4 is 39.0 Å². The fraction of sp³-hybridized carbons (Fsp3) is 0.200. The van der Waals surface area contributed by atoms with Crippen LogP contribution in [0.5, 0.6) is 11.5 Å². The lowest BCUT2D eigenvalue weighted by Gasteiger charge is -2.15. The Morgan fingerprint density at radius 3 is 2.42 bits per heavy atom. The van der Waals surface area contributed by atoms with Gasteiger partial charge in [0.1, 0.15) is 11.5 Å². The molecule has 2 N–H and O–H groups in total. The number of ether oxygens (including phenoxy) is 2. The van der Waals surface area contributed by atoms with Gasteiger partial charge in [0.05, 0.1) is 29.8 Å². The number of amides is 1. The number of carbonyl (C=O) groups is 1. The number of sulfonamides is 1. The first-order valence-electron chi connectivity index (χ1n) is 9.00. The van der Waals surface area contributed by atoms with Crippen LogP contribution < -0.4 is 19.5 Å². The van der Waals surface area contributed by atoms with Crippen molar-refractivity contribution in [3.05, 3.63) is 58.7 Å². The van der Waals surface area contributed by atoms with Gasteiger partial charge in [-0.3, -0.25) is 14.2 Å². The highest BCUT2D eigenvalue weighted by Crippen LogP contribution is 2.37. The molecule has 0 saturated heterocycles. The Bertz CT molecular complexity index is 1240. The van der Waals surface area contributed by atoms with Gasteiger partial charge in [-0.05, 0) is 30.7 Å². The second kappa shape index (κ2) is 8.86. The molecule has 11 heteroatoms. The number of aryl methyl sites for hydroxylation is 2. The molecule has 0 radical (unpaired) electrons. The lowest BCUT2D eigenvalue weighted by atomic mass is 10.1. The van der Waals surface area contributed by atoms with Gasteiger partial charge in [0, 0.05) is 30.9 Å². The highest BCUT2D eigenvalue weighted by atomic mass is 35.5. The maximum atomic E-state index is 13.1. The Morgan fingerprint density at radius 2 is 1.81 bits per heavy atom. The number of nitrogens with zero attached hydrogens (tertiary/aromatic N) is 2. The molecular weight excluding hydrogens is 444 g/mol. The largest absolute Gasteiger partial charge is 0.495 e. The Morgan fingerprint density at radius 1 is 1.10 bits per heavy atom. The fourth-order valence-electron chi connectivity index (χ4n) is 2.84. The van der Waals surface area contributed by atoms with Crippen LogP contribution in [0.2, 0.25) is 5.02 Å². The van der Waals surface area contributed by atoms with E-state index in [0.29, 0.717) is 17.1 Å². The van der Waals surface area contributed by atoms with Crippen LogP contribution in [-0.4, -0.2) is 38.3 Å². The van der Waals surface area contributed by atoms with Crippen molar-refractivity contribution in [2.24, 2.45) is 7.05 Å². The van der Waals surface area contributed by atoms with E-state index >= 15 is 0 Å². The summed E-state index contributed by atoms with van der Waals surface area (Å²) in [4.78, 5) is 12.5. The minimum atomic E-state index is -4.07. The van der Waals surface area contributed by atoms with Crippen molar-refractivity contribution in [3.63, 3.8) is 0 Å². The molecule has 0 atom stereocenters. The quantitative estimate of drug-likeness (QED) is 0.554. The molecule has 31 heavy (non-hydrogen) atoms. The van der Waals surface area contributed by atoms with Crippen LogP contribution in [0.15, 0.2) is 47.5 Å². The third kappa shape index (κ3) is 4.92. The number of anilines is 2. The summed E-state index contributed by atoms with van der Waals surface area (Å²) in [5.74, 6) is 0.436. The summed E-state index contributed by atoms with van der Waals surface area (Å²) in [6, 6.07) is 8.89. The third-order valence-electron chi connectivity index (χ3n) is 4.41. The molecule has 1 heterocycles. The van der Waals surface area contributed by atoms with E-state index in [9.17, 15) is 13.2 Å². The molecule has 3 rings (SSSR count). The van der Waals surface area contributed by atoms with Gasteiger partial charge in [0.25, 0.3) is 15.9 Å². The Balaban J connectivity index is 1.93. The molecular formula is C20H21ClN4O5S. The second-order valence-corrected chi connectivity index (χ2v) is 8.66. The summed E-state index contributed by atoms with van der Waals surface area (Å²) >= 11 is 6.13. The van der Waals surface area contributed by atoms with Crippen molar-refractivity contribution in [2.45, 2.75) is 11.8 Å². The SMILES string of the molecule is COc1cc(OC)c(NS(=O)(=O)c2cc(C(=O)Nc3ccn(C)n3)ccc2C)cc1Cl. The number of methoxy groups -OCH3 is 2. The van der Waals surface area contributed by atoms with Gasteiger partial charge in [0.15, 0.2) is 5.82 Å². The summed E-state index contributed by atoms with van der Waals surface area (Å²) in [5.41, 5.74) is 0.757. The van der Waals surface area contributed by atoms with Crippen LogP contribution in [-0.2, 0) is 17.1 Å². The third-order valence-corrected chi connectivity index (χ3v) is 6.22. The average molecular weight is 465 g/mol.